The molecule has 1 fully saturated rings. The van der Waals surface area contributed by atoms with Gasteiger partial charge in [0.25, 0.3) is 11.8 Å². The van der Waals surface area contributed by atoms with Crippen LogP contribution in [0.4, 0.5) is 5.69 Å². The van der Waals surface area contributed by atoms with E-state index >= 15 is 0 Å². The molecule has 0 aromatic heterocycles. The van der Waals surface area contributed by atoms with Crippen LogP contribution in [0.15, 0.2) is 52.8 Å². The van der Waals surface area contributed by atoms with E-state index in [4.69, 9.17) is 0 Å². The summed E-state index contributed by atoms with van der Waals surface area (Å²) in [4.78, 5) is 27.0. The summed E-state index contributed by atoms with van der Waals surface area (Å²) < 4.78 is 0. The molecule has 0 spiro atoms. The van der Waals surface area contributed by atoms with E-state index in [2.05, 4.69) is 10.3 Å². The van der Waals surface area contributed by atoms with Crippen LogP contribution in [0.3, 0.4) is 0 Å². The molecule has 1 saturated heterocycles. The Morgan fingerprint density at radius 3 is 2.35 bits per heavy atom. The second kappa shape index (κ2) is 6.05. The van der Waals surface area contributed by atoms with Crippen LogP contribution in [-0.2, 0) is 16.1 Å². The highest BCUT2D eigenvalue weighted by atomic mass is 16.2. The largest absolute Gasteiger partial charge is 0.271 e. The number of amides is 2. The van der Waals surface area contributed by atoms with Gasteiger partial charge in [-0.25, -0.2) is 4.90 Å². The molecule has 2 atom stereocenters. The first kappa shape index (κ1) is 16.4. The maximum absolute atomic E-state index is 13.0. The summed E-state index contributed by atoms with van der Waals surface area (Å²) in [6.45, 7) is 6.44. The molecule has 2 aromatic rings. The molecule has 2 aliphatic rings. The molecule has 0 saturated carbocycles. The Kier molecular flexibility index (Phi) is 3.83. The zero-order chi connectivity index (χ0) is 18.4. The topological polar surface area (TPSA) is 65.3 Å². The standard InChI is InChI=1S/C20H20N4O2/c1-12-4-7-15(8-5-12)11-23-18-17(21-22-23)19(25)24(20(18)26)16-9-6-13(2)14(3)10-16/h4-10,17-18H,11H2,1-3H3/t17-,18-/m1/s1. The van der Waals surface area contributed by atoms with Gasteiger partial charge in [-0.15, -0.1) is 0 Å². The Bertz CT molecular complexity index is 920. The van der Waals surface area contributed by atoms with Crippen molar-refractivity contribution < 1.29 is 9.59 Å². The van der Waals surface area contributed by atoms with Gasteiger partial charge in [-0.05, 0) is 49.6 Å². The number of rotatable bonds is 3. The Morgan fingerprint density at radius 1 is 0.923 bits per heavy atom. The van der Waals surface area contributed by atoms with Crippen molar-refractivity contribution >= 4 is 17.5 Å². The van der Waals surface area contributed by atoms with Gasteiger partial charge in [0, 0.05) is 0 Å². The predicted octanol–water partition coefficient (Wildman–Crippen LogP) is 3.11. The first-order chi connectivity index (χ1) is 12.5. The third kappa shape index (κ3) is 2.58. The van der Waals surface area contributed by atoms with Gasteiger partial charge in [0.05, 0.1) is 12.2 Å². The SMILES string of the molecule is Cc1ccc(CN2N=N[C@H]3C(=O)N(c4ccc(C)c(C)c4)C(=O)[C@@H]32)cc1. The number of imide groups is 1. The second-order valence-corrected chi connectivity index (χ2v) is 6.96. The van der Waals surface area contributed by atoms with Gasteiger partial charge in [0.2, 0.25) is 0 Å². The predicted molar refractivity (Wildman–Crippen MR) is 97.6 cm³/mol. The first-order valence-corrected chi connectivity index (χ1v) is 8.64. The summed E-state index contributed by atoms with van der Waals surface area (Å²) in [7, 11) is 0. The number of hydrogen-bond acceptors (Lipinski definition) is 5. The highest BCUT2D eigenvalue weighted by Crippen LogP contribution is 2.33. The van der Waals surface area contributed by atoms with Gasteiger partial charge in [0.1, 0.15) is 0 Å². The number of carbonyl (C=O) groups is 2. The van der Waals surface area contributed by atoms with Crippen LogP contribution in [0.1, 0.15) is 22.3 Å². The smallest absolute Gasteiger partial charge is 0.263 e. The summed E-state index contributed by atoms with van der Waals surface area (Å²) >= 11 is 0. The molecule has 2 aromatic carbocycles. The van der Waals surface area contributed by atoms with Crippen LogP contribution < -0.4 is 4.90 Å². The molecule has 0 radical (unpaired) electrons. The fourth-order valence-corrected chi connectivity index (χ4v) is 3.35. The number of aryl methyl sites for hydroxylation is 3. The minimum atomic E-state index is -0.755. The Balaban J connectivity index is 1.60. The molecule has 0 unspecified atom stereocenters. The minimum Gasteiger partial charge on any atom is -0.271 e. The van der Waals surface area contributed by atoms with Gasteiger partial charge in [-0.3, -0.25) is 14.6 Å². The number of nitrogens with zero attached hydrogens (tertiary/aromatic N) is 4. The number of fused-ring (bicyclic) bond motifs is 1. The Morgan fingerprint density at radius 2 is 1.65 bits per heavy atom. The van der Waals surface area contributed by atoms with E-state index in [1.807, 2.05) is 57.2 Å². The molecular weight excluding hydrogens is 328 g/mol. The van der Waals surface area contributed by atoms with E-state index in [9.17, 15) is 9.59 Å². The molecule has 132 valence electrons. The molecule has 26 heavy (non-hydrogen) atoms. The van der Waals surface area contributed by atoms with E-state index < -0.39 is 12.1 Å². The average molecular weight is 348 g/mol. The van der Waals surface area contributed by atoms with E-state index in [1.54, 1.807) is 11.1 Å². The zero-order valence-electron chi connectivity index (χ0n) is 15.0. The highest BCUT2D eigenvalue weighted by Gasteiger charge is 2.54. The summed E-state index contributed by atoms with van der Waals surface area (Å²) in [6.07, 6.45) is 0. The molecule has 6 heteroatoms. The molecule has 6 nitrogen and oxygen atoms in total. The lowest BCUT2D eigenvalue weighted by molar-refractivity contribution is -0.123. The summed E-state index contributed by atoms with van der Waals surface area (Å²) in [5.74, 6) is -0.571. The summed E-state index contributed by atoms with van der Waals surface area (Å²) in [6, 6.07) is 12.2. The number of hydrogen-bond donors (Lipinski definition) is 0. The van der Waals surface area contributed by atoms with Crippen molar-refractivity contribution in [2.75, 3.05) is 4.90 Å². The number of carbonyl (C=O) groups excluding carboxylic acids is 2. The van der Waals surface area contributed by atoms with Crippen LogP contribution in [0, 0.1) is 20.8 Å². The van der Waals surface area contributed by atoms with Crippen molar-refractivity contribution in [3.8, 4) is 0 Å². The lowest BCUT2D eigenvalue weighted by Gasteiger charge is -2.21. The van der Waals surface area contributed by atoms with Crippen molar-refractivity contribution in [2.24, 2.45) is 10.3 Å². The summed E-state index contributed by atoms with van der Waals surface area (Å²) in [5.41, 5.74) is 4.96. The minimum absolute atomic E-state index is 0.264. The number of benzene rings is 2. The molecular formula is C20H20N4O2. The zero-order valence-corrected chi connectivity index (χ0v) is 15.0. The lowest BCUT2D eigenvalue weighted by atomic mass is 10.1. The van der Waals surface area contributed by atoms with Gasteiger partial charge in [-0.1, -0.05) is 41.1 Å². The van der Waals surface area contributed by atoms with Crippen molar-refractivity contribution in [1.82, 2.24) is 5.01 Å². The third-order valence-electron chi connectivity index (χ3n) is 5.07. The fourth-order valence-electron chi connectivity index (χ4n) is 3.35. The highest BCUT2D eigenvalue weighted by molar-refractivity contribution is 6.25. The fraction of sp³-hybridized carbons (Fsp3) is 0.300. The quantitative estimate of drug-likeness (QED) is 0.801. The van der Waals surface area contributed by atoms with Crippen LogP contribution in [0.5, 0.6) is 0 Å². The monoisotopic (exact) mass is 348 g/mol. The molecule has 2 aliphatic heterocycles. The third-order valence-corrected chi connectivity index (χ3v) is 5.07. The van der Waals surface area contributed by atoms with Gasteiger partial charge in [-0.2, -0.15) is 5.11 Å². The van der Waals surface area contributed by atoms with Crippen LogP contribution in [0.25, 0.3) is 0 Å². The molecule has 2 heterocycles. The van der Waals surface area contributed by atoms with E-state index in [0.717, 1.165) is 16.7 Å². The maximum atomic E-state index is 13.0. The Hall–Kier alpha value is -3.02. The van der Waals surface area contributed by atoms with Crippen molar-refractivity contribution in [2.45, 2.75) is 39.4 Å². The normalized spacial score (nSPS) is 21.7. The molecule has 0 N–H and O–H groups in total. The Labute approximate surface area is 152 Å². The molecule has 0 aliphatic carbocycles. The first-order valence-electron chi connectivity index (χ1n) is 8.64. The van der Waals surface area contributed by atoms with Crippen LogP contribution in [0.2, 0.25) is 0 Å². The second-order valence-electron chi connectivity index (χ2n) is 6.96. The van der Waals surface area contributed by atoms with E-state index in [-0.39, 0.29) is 11.8 Å². The van der Waals surface area contributed by atoms with E-state index in [0.29, 0.717) is 12.2 Å². The number of anilines is 1. The van der Waals surface area contributed by atoms with Crippen LogP contribution in [-0.4, -0.2) is 28.9 Å². The maximum Gasteiger partial charge on any atom is 0.263 e. The van der Waals surface area contributed by atoms with Gasteiger partial charge < -0.3 is 0 Å². The molecule has 0 bridgehead atoms. The molecule has 2 amide bonds. The average Bonchev–Trinajstić information content (AvgIpc) is 3.13. The van der Waals surface area contributed by atoms with Gasteiger partial charge in [0.15, 0.2) is 12.1 Å². The van der Waals surface area contributed by atoms with E-state index in [1.165, 1.54) is 10.5 Å². The van der Waals surface area contributed by atoms with Crippen molar-refractivity contribution in [1.29, 1.82) is 0 Å². The molecule has 4 rings (SSSR count). The lowest BCUT2D eigenvalue weighted by Crippen LogP contribution is -2.39. The van der Waals surface area contributed by atoms with Gasteiger partial charge >= 0.3 is 0 Å². The van der Waals surface area contributed by atoms with Crippen molar-refractivity contribution in [3.05, 3.63) is 64.7 Å². The summed E-state index contributed by atoms with van der Waals surface area (Å²) in [5, 5.41) is 9.79. The van der Waals surface area contributed by atoms with Crippen LogP contribution >= 0.6 is 0 Å². The van der Waals surface area contributed by atoms with Crippen molar-refractivity contribution in [3.63, 3.8) is 0 Å².